The smallest absolute Gasteiger partial charge is 0.161 e. The third-order valence-corrected chi connectivity index (χ3v) is 3.32. The number of nitrogens with one attached hydrogen (secondary N) is 1. The van der Waals surface area contributed by atoms with Gasteiger partial charge in [0.05, 0.1) is 13.2 Å². The number of unbranched alkanes of at least 4 members (excludes halogenated alkanes) is 3. The lowest BCUT2D eigenvalue weighted by Crippen LogP contribution is -2.13. The van der Waals surface area contributed by atoms with Gasteiger partial charge in [-0.3, -0.25) is 0 Å². The van der Waals surface area contributed by atoms with Gasteiger partial charge in [0.25, 0.3) is 0 Å². The highest BCUT2D eigenvalue weighted by Crippen LogP contribution is 2.28. The highest BCUT2D eigenvalue weighted by atomic mass is 16.5. The van der Waals surface area contributed by atoms with E-state index in [-0.39, 0.29) is 0 Å². The van der Waals surface area contributed by atoms with Gasteiger partial charge in [0.1, 0.15) is 0 Å². The molecule has 0 aromatic heterocycles. The van der Waals surface area contributed by atoms with E-state index in [4.69, 9.17) is 9.47 Å². The average molecular weight is 293 g/mol. The van der Waals surface area contributed by atoms with Gasteiger partial charge in [0, 0.05) is 6.54 Å². The van der Waals surface area contributed by atoms with Crippen molar-refractivity contribution < 1.29 is 9.47 Å². The van der Waals surface area contributed by atoms with Crippen molar-refractivity contribution >= 4 is 0 Å². The zero-order chi connectivity index (χ0) is 15.3. The molecule has 0 heterocycles. The van der Waals surface area contributed by atoms with Gasteiger partial charge in [-0.1, -0.05) is 39.2 Å². The highest BCUT2D eigenvalue weighted by Gasteiger charge is 2.06. The highest BCUT2D eigenvalue weighted by molar-refractivity contribution is 5.43. The molecule has 0 saturated heterocycles. The second-order valence-corrected chi connectivity index (χ2v) is 5.30. The molecule has 21 heavy (non-hydrogen) atoms. The predicted octanol–water partition coefficient (Wildman–Crippen LogP) is 4.54. The van der Waals surface area contributed by atoms with E-state index in [9.17, 15) is 0 Å². The molecule has 0 fully saturated rings. The number of ether oxygens (including phenoxy) is 2. The molecule has 0 spiro atoms. The minimum absolute atomic E-state index is 0.665. The molecule has 0 aliphatic heterocycles. The SMILES string of the molecule is CCCCCCOc1ccc(CNCCC)cc1OCC. The van der Waals surface area contributed by atoms with E-state index >= 15 is 0 Å². The zero-order valence-corrected chi connectivity index (χ0v) is 13.9. The number of hydrogen-bond donors (Lipinski definition) is 1. The van der Waals surface area contributed by atoms with Crippen LogP contribution in [0.3, 0.4) is 0 Å². The van der Waals surface area contributed by atoms with Crippen LogP contribution < -0.4 is 14.8 Å². The van der Waals surface area contributed by atoms with Gasteiger partial charge >= 0.3 is 0 Å². The van der Waals surface area contributed by atoms with Crippen molar-refractivity contribution in [1.82, 2.24) is 5.32 Å². The van der Waals surface area contributed by atoms with Crippen molar-refractivity contribution in [2.45, 2.75) is 59.4 Å². The Balaban J connectivity index is 2.52. The Bertz CT molecular complexity index is 379. The van der Waals surface area contributed by atoms with Crippen molar-refractivity contribution in [3.63, 3.8) is 0 Å². The van der Waals surface area contributed by atoms with E-state index in [0.717, 1.165) is 44.0 Å². The lowest BCUT2D eigenvalue weighted by molar-refractivity contribution is 0.270. The van der Waals surface area contributed by atoms with E-state index in [1.807, 2.05) is 13.0 Å². The summed E-state index contributed by atoms with van der Waals surface area (Å²) >= 11 is 0. The molecule has 0 amide bonds. The summed E-state index contributed by atoms with van der Waals surface area (Å²) in [6, 6.07) is 6.24. The summed E-state index contributed by atoms with van der Waals surface area (Å²) in [4.78, 5) is 0. The standard InChI is InChI=1S/C18H31NO2/c1-4-7-8-9-13-21-17-11-10-16(15-19-12-5-2)14-18(17)20-6-3/h10-11,14,19H,4-9,12-13,15H2,1-3H3. The summed E-state index contributed by atoms with van der Waals surface area (Å²) in [5.74, 6) is 1.73. The number of hydrogen-bond acceptors (Lipinski definition) is 3. The second kappa shape index (κ2) is 11.4. The summed E-state index contributed by atoms with van der Waals surface area (Å²) in [6.07, 6.45) is 6.03. The van der Waals surface area contributed by atoms with Gasteiger partial charge in [-0.2, -0.15) is 0 Å². The van der Waals surface area contributed by atoms with Gasteiger partial charge in [0.15, 0.2) is 11.5 Å². The van der Waals surface area contributed by atoms with Crippen molar-refractivity contribution in [2.24, 2.45) is 0 Å². The molecule has 1 aromatic carbocycles. The molecule has 0 saturated carbocycles. The molecule has 0 bridgehead atoms. The van der Waals surface area contributed by atoms with E-state index < -0.39 is 0 Å². The van der Waals surface area contributed by atoms with Crippen LogP contribution >= 0.6 is 0 Å². The molecule has 1 rings (SSSR count). The third kappa shape index (κ3) is 7.37. The maximum absolute atomic E-state index is 5.87. The van der Waals surface area contributed by atoms with Crippen molar-refractivity contribution in [2.75, 3.05) is 19.8 Å². The largest absolute Gasteiger partial charge is 0.490 e. The zero-order valence-electron chi connectivity index (χ0n) is 13.9. The summed E-state index contributed by atoms with van der Waals surface area (Å²) < 4.78 is 11.6. The Hall–Kier alpha value is -1.22. The first-order valence-corrected chi connectivity index (χ1v) is 8.41. The molecule has 0 aliphatic carbocycles. The van der Waals surface area contributed by atoms with Gasteiger partial charge in [-0.25, -0.2) is 0 Å². The van der Waals surface area contributed by atoms with Crippen LogP contribution in [0.4, 0.5) is 0 Å². The van der Waals surface area contributed by atoms with Crippen LogP contribution in [0.25, 0.3) is 0 Å². The van der Waals surface area contributed by atoms with Gasteiger partial charge < -0.3 is 14.8 Å². The molecular formula is C18H31NO2. The number of rotatable bonds is 12. The minimum Gasteiger partial charge on any atom is -0.490 e. The Morgan fingerprint density at radius 3 is 2.48 bits per heavy atom. The van der Waals surface area contributed by atoms with Crippen LogP contribution in [0.1, 0.15) is 58.4 Å². The van der Waals surface area contributed by atoms with Gasteiger partial charge in [-0.05, 0) is 44.0 Å². The lowest BCUT2D eigenvalue weighted by Gasteiger charge is -2.13. The number of benzene rings is 1. The first-order chi connectivity index (χ1) is 10.3. The summed E-state index contributed by atoms with van der Waals surface area (Å²) in [7, 11) is 0. The van der Waals surface area contributed by atoms with Crippen LogP contribution in [0.2, 0.25) is 0 Å². The molecule has 1 N–H and O–H groups in total. The lowest BCUT2D eigenvalue weighted by atomic mass is 10.2. The Morgan fingerprint density at radius 1 is 0.905 bits per heavy atom. The Labute approximate surface area is 130 Å². The second-order valence-electron chi connectivity index (χ2n) is 5.30. The normalized spacial score (nSPS) is 10.6. The summed E-state index contributed by atoms with van der Waals surface area (Å²) in [5, 5.41) is 3.41. The van der Waals surface area contributed by atoms with Crippen LogP contribution in [-0.4, -0.2) is 19.8 Å². The van der Waals surface area contributed by atoms with Crippen LogP contribution in [0.15, 0.2) is 18.2 Å². The Kier molecular flexibility index (Phi) is 9.71. The third-order valence-electron chi connectivity index (χ3n) is 3.32. The molecule has 0 unspecified atom stereocenters. The first kappa shape index (κ1) is 17.8. The summed E-state index contributed by atoms with van der Waals surface area (Å²) in [5.41, 5.74) is 1.24. The fourth-order valence-corrected chi connectivity index (χ4v) is 2.17. The van der Waals surface area contributed by atoms with E-state index in [1.54, 1.807) is 0 Å². The molecule has 3 heteroatoms. The maximum Gasteiger partial charge on any atom is 0.161 e. The molecule has 0 atom stereocenters. The fraction of sp³-hybridized carbons (Fsp3) is 0.667. The fourth-order valence-electron chi connectivity index (χ4n) is 2.17. The van der Waals surface area contributed by atoms with Crippen molar-refractivity contribution in [3.05, 3.63) is 23.8 Å². The molecule has 0 radical (unpaired) electrons. The molecule has 3 nitrogen and oxygen atoms in total. The molecule has 1 aromatic rings. The molecule has 120 valence electrons. The van der Waals surface area contributed by atoms with Crippen LogP contribution in [-0.2, 0) is 6.54 Å². The van der Waals surface area contributed by atoms with Crippen LogP contribution in [0, 0.1) is 0 Å². The summed E-state index contributed by atoms with van der Waals surface area (Å²) in [6.45, 7) is 9.76. The Morgan fingerprint density at radius 2 is 1.76 bits per heavy atom. The topological polar surface area (TPSA) is 30.5 Å². The molecular weight excluding hydrogens is 262 g/mol. The van der Waals surface area contributed by atoms with Gasteiger partial charge in [0.2, 0.25) is 0 Å². The van der Waals surface area contributed by atoms with Gasteiger partial charge in [-0.15, -0.1) is 0 Å². The predicted molar refractivity (Wildman–Crippen MR) is 89.2 cm³/mol. The van der Waals surface area contributed by atoms with E-state index in [0.29, 0.717) is 6.61 Å². The van der Waals surface area contributed by atoms with E-state index in [2.05, 4.69) is 31.3 Å². The van der Waals surface area contributed by atoms with E-state index in [1.165, 1.54) is 24.8 Å². The monoisotopic (exact) mass is 293 g/mol. The maximum atomic E-state index is 5.87. The first-order valence-electron chi connectivity index (χ1n) is 8.41. The quantitative estimate of drug-likeness (QED) is 0.574. The van der Waals surface area contributed by atoms with Crippen molar-refractivity contribution in [1.29, 1.82) is 0 Å². The average Bonchev–Trinajstić information content (AvgIpc) is 2.49. The van der Waals surface area contributed by atoms with Crippen LogP contribution in [0.5, 0.6) is 11.5 Å². The molecule has 0 aliphatic rings. The minimum atomic E-state index is 0.665. The van der Waals surface area contributed by atoms with Crippen molar-refractivity contribution in [3.8, 4) is 11.5 Å².